The van der Waals surface area contributed by atoms with E-state index in [0.29, 0.717) is 5.75 Å². The maximum absolute atomic E-state index is 11.5. The first-order chi connectivity index (χ1) is 7.65. The van der Waals surface area contributed by atoms with E-state index < -0.39 is 12.0 Å². The third-order valence-corrected chi connectivity index (χ3v) is 2.45. The quantitative estimate of drug-likeness (QED) is 0.793. The van der Waals surface area contributed by atoms with E-state index in [1.807, 2.05) is 0 Å². The Morgan fingerprint density at radius 1 is 1.44 bits per heavy atom. The molecule has 1 aliphatic rings. The maximum atomic E-state index is 11.5. The van der Waals surface area contributed by atoms with Crippen molar-refractivity contribution in [2.45, 2.75) is 0 Å². The van der Waals surface area contributed by atoms with Crippen LogP contribution in [0.15, 0.2) is 18.2 Å². The highest BCUT2D eigenvalue weighted by atomic mass is 35.5. The number of amides is 2. The zero-order chi connectivity index (χ0) is 11.7. The van der Waals surface area contributed by atoms with E-state index in [0.717, 1.165) is 4.90 Å². The second-order valence-electron chi connectivity index (χ2n) is 3.07. The Morgan fingerprint density at radius 2 is 2.19 bits per heavy atom. The van der Waals surface area contributed by atoms with Gasteiger partial charge in [0.2, 0.25) is 0 Å². The van der Waals surface area contributed by atoms with Crippen LogP contribution in [0.2, 0.25) is 5.02 Å². The van der Waals surface area contributed by atoms with E-state index in [9.17, 15) is 9.59 Å². The first kappa shape index (κ1) is 10.8. The van der Waals surface area contributed by atoms with Gasteiger partial charge in [-0.3, -0.25) is 4.79 Å². The smallest absolute Gasteiger partial charge is 0.422 e. The zero-order valence-corrected chi connectivity index (χ0v) is 9.15. The summed E-state index contributed by atoms with van der Waals surface area (Å²) in [5.74, 6) is -0.115. The average molecular weight is 242 g/mol. The topological polar surface area (TPSA) is 55.8 Å². The SMILES string of the molecule is COc1cccc(Cl)c1N1C(=O)COC1=O. The van der Waals surface area contributed by atoms with Crippen molar-refractivity contribution >= 4 is 29.3 Å². The molecule has 0 aliphatic carbocycles. The lowest BCUT2D eigenvalue weighted by atomic mass is 10.2. The molecule has 0 unspecified atom stereocenters. The zero-order valence-electron chi connectivity index (χ0n) is 8.40. The Bertz CT molecular complexity index is 444. The average Bonchev–Trinajstić information content (AvgIpc) is 2.59. The second kappa shape index (κ2) is 4.02. The fourth-order valence-corrected chi connectivity index (χ4v) is 1.70. The van der Waals surface area contributed by atoms with Crippen LogP contribution in [0.4, 0.5) is 10.5 Å². The van der Waals surface area contributed by atoms with Gasteiger partial charge in [0.1, 0.15) is 11.4 Å². The lowest BCUT2D eigenvalue weighted by Gasteiger charge is -2.16. The maximum Gasteiger partial charge on any atom is 0.422 e. The van der Waals surface area contributed by atoms with Gasteiger partial charge < -0.3 is 9.47 Å². The summed E-state index contributed by atoms with van der Waals surface area (Å²) in [5.41, 5.74) is 0.221. The minimum absolute atomic E-state index is 0.221. The van der Waals surface area contributed by atoms with Crippen molar-refractivity contribution in [3.63, 3.8) is 0 Å². The van der Waals surface area contributed by atoms with Crippen molar-refractivity contribution in [2.24, 2.45) is 0 Å². The van der Waals surface area contributed by atoms with Gasteiger partial charge in [0, 0.05) is 0 Å². The molecule has 1 aromatic rings. The van der Waals surface area contributed by atoms with Crippen LogP contribution < -0.4 is 9.64 Å². The summed E-state index contributed by atoms with van der Waals surface area (Å²) in [6.45, 7) is -0.271. The van der Waals surface area contributed by atoms with Crippen LogP contribution in [0.25, 0.3) is 0 Å². The highest BCUT2D eigenvalue weighted by Gasteiger charge is 2.35. The first-order valence-corrected chi connectivity index (χ1v) is 4.85. The molecule has 1 saturated heterocycles. The van der Waals surface area contributed by atoms with Gasteiger partial charge in [-0.1, -0.05) is 17.7 Å². The fraction of sp³-hybridized carbons (Fsp3) is 0.200. The van der Waals surface area contributed by atoms with E-state index in [1.165, 1.54) is 7.11 Å². The molecule has 2 rings (SSSR count). The summed E-state index contributed by atoms with van der Waals surface area (Å²) in [7, 11) is 1.43. The summed E-state index contributed by atoms with van der Waals surface area (Å²) >= 11 is 5.94. The number of imide groups is 1. The largest absolute Gasteiger partial charge is 0.494 e. The Kier molecular flexibility index (Phi) is 2.70. The molecule has 1 heterocycles. The minimum Gasteiger partial charge on any atom is -0.494 e. The van der Waals surface area contributed by atoms with Gasteiger partial charge in [-0.15, -0.1) is 0 Å². The Hall–Kier alpha value is -1.75. The predicted octanol–water partition coefficient (Wildman–Crippen LogP) is 1.83. The summed E-state index contributed by atoms with van der Waals surface area (Å²) in [4.78, 5) is 23.7. The fourth-order valence-electron chi connectivity index (χ4n) is 1.45. The summed E-state index contributed by atoms with van der Waals surface area (Å²) in [6, 6.07) is 4.84. The minimum atomic E-state index is -0.739. The monoisotopic (exact) mass is 241 g/mol. The van der Waals surface area contributed by atoms with Crippen LogP contribution in [-0.2, 0) is 9.53 Å². The van der Waals surface area contributed by atoms with Crippen molar-refractivity contribution in [3.8, 4) is 5.75 Å². The van der Waals surface area contributed by atoms with Gasteiger partial charge in [-0.25, -0.2) is 9.69 Å². The molecule has 0 bridgehead atoms. The van der Waals surface area contributed by atoms with E-state index in [4.69, 9.17) is 16.3 Å². The Balaban J connectivity index is 2.54. The first-order valence-electron chi connectivity index (χ1n) is 4.47. The van der Waals surface area contributed by atoms with Crippen LogP contribution in [0.3, 0.4) is 0 Å². The highest BCUT2D eigenvalue weighted by Crippen LogP contribution is 2.37. The van der Waals surface area contributed by atoms with Crippen LogP contribution >= 0.6 is 11.6 Å². The molecule has 6 heteroatoms. The lowest BCUT2D eigenvalue weighted by molar-refractivity contribution is -0.117. The van der Waals surface area contributed by atoms with Crippen molar-refractivity contribution in [1.82, 2.24) is 0 Å². The van der Waals surface area contributed by atoms with E-state index in [1.54, 1.807) is 18.2 Å². The molecule has 16 heavy (non-hydrogen) atoms. The second-order valence-corrected chi connectivity index (χ2v) is 3.48. The van der Waals surface area contributed by atoms with Crippen LogP contribution in [0.5, 0.6) is 5.75 Å². The molecule has 84 valence electrons. The molecule has 5 nitrogen and oxygen atoms in total. The molecule has 1 aromatic carbocycles. The number of para-hydroxylation sites is 1. The van der Waals surface area contributed by atoms with E-state index >= 15 is 0 Å². The van der Waals surface area contributed by atoms with Crippen molar-refractivity contribution < 1.29 is 19.1 Å². The number of carbonyl (C=O) groups excluding carboxylic acids is 2. The van der Waals surface area contributed by atoms with Gasteiger partial charge in [0.15, 0.2) is 6.61 Å². The molecule has 0 aromatic heterocycles. The molecule has 0 N–H and O–H groups in total. The summed E-state index contributed by atoms with van der Waals surface area (Å²) in [6.07, 6.45) is -0.739. The normalized spacial score (nSPS) is 15.2. The number of nitrogens with zero attached hydrogens (tertiary/aromatic N) is 1. The van der Waals surface area contributed by atoms with Gasteiger partial charge in [0.25, 0.3) is 5.91 Å². The van der Waals surface area contributed by atoms with Gasteiger partial charge >= 0.3 is 6.09 Å². The molecule has 1 fully saturated rings. The van der Waals surface area contributed by atoms with Crippen LogP contribution in [-0.4, -0.2) is 25.7 Å². The van der Waals surface area contributed by atoms with E-state index in [2.05, 4.69) is 4.74 Å². The molecular weight excluding hydrogens is 234 g/mol. The summed E-state index contributed by atoms with van der Waals surface area (Å²) in [5, 5.41) is 0.256. The Morgan fingerprint density at radius 3 is 2.75 bits per heavy atom. The summed E-state index contributed by atoms with van der Waals surface area (Å²) < 4.78 is 9.66. The molecule has 0 spiro atoms. The number of hydrogen-bond donors (Lipinski definition) is 0. The number of rotatable bonds is 2. The standard InChI is InChI=1S/C10H8ClNO4/c1-15-7-4-2-3-6(11)9(7)12-8(13)5-16-10(12)14/h2-4H,5H2,1H3. The Labute approximate surface area is 96.5 Å². The third kappa shape index (κ3) is 1.59. The van der Waals surface area contributed by atoms with Crippen LogP contribution in [0, 0.1) is 0 Å². The molecule has 2 amide bonds. The molecule has 0 saturated carbocycles. The van der Waals surface area contributed by atoms with Crippen LogP contribution in [0.1, 0.15) is 0 Å². The van der Waals surface area contributed by atoms with E-state index in [-0.39, 0.29) is 17.3 Å². The van der Waals surface area contributed by atoms with Crippen molar-refractivity contribution in [3.05, 3.63) is 23.2 Å². The predicted molar refractivity (Wildman–Crippen MR) is 56.8 cm³/mol. The third-order valence-electron chi connectivity index (χ3n) is 2.14. The lowest BCUT2D eigenvalue weighted by Crippen LogP contribution is -2.29. The van der Waals surface area contributed by atoms with Crippen molar-refractivity contribution in [2.75, 3.05) is 18.6 Å². The number of halogens is 1. The molecule has 1 aliphatic heterocycles. The number of ether oxygens (including phenoxy) is 2. The highest BCUT2D eigenvalue weighted by molar-refractivity contribution is 6.35. The molecular formula is C10H8ClNO4. The van der Waals surface area contributed by atoms with Gasteiger partial charge in [0.05, 0.1) is 12.1 Å². The molecule has 0 atom stereocenters. The number of hydrogen-bond acceptors (Lipinski definition) is 4. The van der Waals surface area contributed by atoms with Gasteiger partial charge in [-0.2, -0.15) is 0 Å². The number of carbonyl (C=O) groups is 2. The van der Waals surface area contributed by atoms with Crippen molar-refractivity contribution in [1.29, 1.82) is 0 Å². The van der Waals surface area contributed by atoms with Gasteiger partial charge in [-0.05, 0) is 12.1 Å². The number of cyclic esters (lactones) is 1. The number of methoxy groups -OCH3 is 1. The number of anilines is 1. The number of benzene rings is 1. The molecule has 0 radical (unpaired) electrons.